The van der Waals surface area contributed by atoms with Crippen molar-refractivity contribution in [2.45, 2.75) is 24.3 Å². The van der Waals surface area contributed by atoms with Crippen LogP contribution in [0.3, 0.4) is 0 Å². The van der Waals surface area contributed by atoms with E-state index in [2.05, 4.69) is 45.5 Å². The molecular formula is C22H25BrN2O3. The van der Waals surface area contributed by atoms with E-state index in [1.54, 1.807) is 0 Å². The summed E-state index contributed by atoms with van der Waals surface area (Å²) in [6.07, 6.45) is 1.49. The van der Waals surface area contributed by atoms with E-state index in [9.17, 15) is 4.79 Å². The number of ether oxygens (including phenoxy) is 2. The number of para-hydroxylation sites is 1. The Labute approximate surface area is 174 Å². The summed E-state index contributed by atoms with van der Waals surface area (Å²) in [5.74, 6) is 0.578. The molecule has 28 heavy (non-hydrogen) atoms. The molecule has 1 atom stereocenters. The van der Waals surface area contributed by atoms with Crippen LogP contribution in [0.15, 0.2) is 59.1 Å². The van der Waals surface area contributed by atoms with E-state index in [0.29, 0.717) is 25.5 Å². The normalized spacial score (nSPS) is 21.9. The van der Waals surface area contributed by atoms with E-state index in [1.807, 2.05) is 35.2 Å². The van der Waals surface area contributed by atoms with Crippen molar-refractivity contribution >= 4 is 22.0 Å². The van der Waals surface area contributed by atoms with Gasteiger partial charge >= 0.3 is 6.09 Å². The van der Waals surface area contributed by atoms with Gasteiger partial charge in [-0.15, -0.1) is 0 Å². The van der Waals surface area contributed by atoms with Gasteiger partial charge in [-0.2, -0.15) is 0 Å². The summed E-state index contributed by atoms with van der Waals surface area (Å²) in [5.41, 5.74) is 1.10. The van der Waals surface area contributed by atoms with Crippen LogP contribution in [-0.4, -0.2) is 49.9 Å². The second-order valence-electron chi connectivity index (χ2n) is 7.37. The van der Waals surface area contributed by atoms with Crippen molar-refractivity contribution < 1.29 is 14.3 Å². The molecule has 0 spiro atoms. The lowest BCUT2D eigenvalue weighted by Gasteiger charge is -2.50. The third-order valence-corrected chi connectivity index (χ3v) is 6.40. The first kappa shape index (κ1) is 19.4. The summed E-state index contributed by atoms with van der Waals surface area (Å²) in [4.78, 5) is 15.0. The minimum absolute atomic E-state index is 0.0162. The predicted molar refractivity (Wildman–Crippen MR) is 112 cm³/mol. The van der Waals surface area contributed by atoms with Crippen molar-refractivity contribution in [3.8, 4) is 5.75 Å². The zero-order valence-electron chi connectivity index (χ0n) is 15.8. The molecule has 4 rings (SSSR count). The highest BCUT2D eigenvalue weighted by Gasteiger charge is 2.47. The summed E-state index contributed by atoms with van der Waals surface area (Å²) in [6, 6.07) is 17.8. The lowest BCUT2D eigenvalue weighted by atomic mass is 9.67. The van der Waals surface area contributed by atoms with Crippen LogP contribution in [0.5, 0.6) is 5.75 Å². The maximum Gasteiger partial charge on any atom is 0.415 e. The Hall–Kier alpha value is -1.89. The quantitative estimate of drug-likeness (QED) is 0.777. The van der Waals surface area contributed by atoms with Crippen molar-refractivity contribution in [2.24, 2.45) is 0 Å². The number of hydrogen-bond donors (Lipinski definition) is 1. The highest BCUT2D eigenvalue weighted by molar-refractivity contribution is 9.10. The molecule has 2 heterocycles. The lowest BCUT2D eigenvalue weighted by Crippen LogP contribution is -2.63. The molecule has 0 radical (unpaired) electrons. The number of hydrogen-bond acceptors (Lipinski definition) is 4. The van der Waals surface area contributed by atoms with Crippen molar-refractivity contribution in [1.82, 2.24) is 10.2 Å². The molecule has 2 fully saturated rings. The highest BCUT2D eigenvalue weighted by atomic mass is 79.9. The average Bonchev–Trinajstić information content (AvgIpc) is 2.75. The number of amides is 1. The average molecular weight is 445 g/mol. The van der Waals surface area contributed by atoms with Gasteiger partial charge in [-0.05, 0) is 42.7 Å². The van der Waals surface area contributed by atoms with Gasteiger partial charge < -0.3 is 19.7 Å². The molecule has 1 N–H and O–H groups in total. The lowest BCUT2D eigenvalue weighted by molar-refractivity contribution is 0.00132. The number of halogens is 1. The number of nitrogens with zero attached hydrogens (tertiary/aromatic N) is 1. The van der Waals surface area contributed by atoms with E-state index in [-0.39, 0.29) is 17.6 Å². The molecule has 0 saturated carbocycles. The third kappa shape index (κ3) is 3.95. The van der Waals surface area contributed by atoms with Gasteiger partial charge in [-0.25, -0.2) is 4.79 Å². The first-order valence-corrected chi connectivity index (χ1v) is 10.6. The van der Waals surface area contributed by atoms with Crippen LogP contribution < -0.4 is 10.1 Å². The Morgan fingerprint density at radius 3 is 2.54 bits per heavy atom. The van der Waals surface area contributed by atoms with Gasteiger partial charge in [0.15, 0.2) is 0 Å². The Bertz CT molecular complexity index is 791. The molecule has 148 valence electrons. The molecule has 0 aliphatic carbocycles. The fraction of sp³-hybridized carbons (Fsp3) is 0.409. The molecule has 2 aromatic carbocycles. The van der Waals surface area contributed by atoms with Crippen LogP contribution in [-0.2, 0) is 10.2 Å². The first-order chi connectivity index (χ1) is 13.7. The molecule has 6 heteroatoms. The second kappa shape index (κ2) is 8.64. The number of carbonyl (C=O) groups is 1. The van der Waals surface area contributed by atoms with E-state index in [1.165, 1.54) is 5.56 Å². The Morgan fingerprint density at radius 2 is 1.82 bits per heavy atom. The number of nitrogens with one attached hydrogen (secondary N) is 1. The van der Waals surface area contributed by atoms with Crippen LogP contribution in [0.1, 0.15) is 18.4 Å². The van der Waals surface area contributed by atoms with Gasteiger partial charge in [0.25, 0.3) is 0 Å². The van der Waals surface area contributed by atoms with Crippen molar-refractivity contribution in [3.05, 3.63) is 64.6 Å². The predicted octanol–water partition coefficient (Wildman–Crippen LogP) is 3.97. The number of piperazine rings is 1. The van der Waals surface area contributed by atoms with E-state index in [4.69, 9.17) is 9.47 Å². The standard InChI is InChI=1S/C22H25BrN2O3/c23-18-8-6-17(7-9-18)22(10-14-27-15-11-22)20-16-24-12-13-25(20)21(26)28-19-4-2-1-3-5-19/h1-9,20,24H,10-16H2. The number of rotatable bonds is 3. The van der Waals surface area contributed by atoms with Gasteiger partial charge in [0.2, 0.25) is 0 Å². The van der Waals surface area contributed by atoms with Gasteiger partial charge in [-0.1, -0.05) is 46.3 Å². The molecule has 2 aromatic rings. The smallest absolute Gasteiger partial charge is 0.410 e. The zero-order chi connectivity index (χ0) is 19.4. The molecule has 5 nitrogen and oxygen atoms in total. The van der Waals surface area contributed by atoms with Gasteiger partial charge in [0.05, 0.1) is 6.04 Å². The topological polar surface area (TPSA) is 50.8 Å². The monoisotopic (exact) mass is 444 g/mol. The van der Waals surface area contributed by atoms with Crippen molar-refractivity contribution in [1.29, 1.82) is 0 Å². The van der Waals surface area contributed by atoms with Gasteiger partial charge in [0.1, 0.15) is 5.75 Å². The molecule has 0 bridgehead atoms. The number of benzene rings is 2. The second-order valence-corrected chi connectivity index (χ2v) is 8.29. The minimum Gasteiger partial charge on any atom is -0.410 e. The van der Waals surface area contributed by atoms with Crippen LogP contribution in [0, 0.1) is 0 Å². The fourth-order valence-electron chi connectivity index (χ4n) is 4.40. The molecular weight excluding hydrogens is 420 g/mol. The summed E-state index contributed by atoms with van der Waals surface area (Å²) in [5, 5.41) is 3.49. The molecule has 1 amide bonds. The van der Waals surface area contributed by atoms with Gasteiger partial charge in [0, 0.05) is 42.7 Å². The molecule has 2 saturated heterocycles. The van der Waals surface area contributed by atoms with Crippen molar-refractivity contribution in [3.63, 3.8) is 0 Å². The summed E-state index contributed by atoms with van der Waals surface area (Å²) >= 11 is 3.53. The SMILES string of the molecule is O=C(Oc1ccccc1)N1CCNCC1C1(c2ccc(Br)cc2)CCOCC1. The van der Waals surface area contributed by atoms with Crippen LogP contribution in [0.2, 0.25) is 0 Å². The Kier molecular flexibility index (Phi) is 5.99. The van der Waals surface area contributed by atoms with Gasteiger partial charge in [-0.3, -0.25) is 0 Å². The van der Waals surface area contributed by atoms with E-state index >= 15 is 0 Å². The first-order valence-electron chi connectivity index (χ1n) is 9.77. The minimum atomic E-state index is -0.277. The maximum absolute atomic E-state index is 13.1. The summed E-state index contributed by atoms with van der Waals surface area (Å²) < 4.78 is 12.4. The Morgan fingerprint density at radius 1 is 1.11 bits per heavy atom. The molecule has 2 aliphatic heterocycles. The van der Waals surface area contributed by atoms with E-state index in [0.717, 1.165) is 30.4 Å². The fourth-order valence-corrected chi connectivity index (χ4v) is 4.66. The molecule has 2 aliphatic rings. The van der Waals surface area contributed by atoms with Crippen molar-refractivity contribution in [2.75, 3.05) is 32.8 Å². The highest BCUT2D eigenvalue weighted by Crippen LogP contribution is 2.41. The maximum atomic E-state index is 13.1. The van der Waals surface area contributed by atoms with Crippen LogP contribution in [0.25, 0.3) is 0 Å². The molecule has 0 aromatic heterocycles. The third-order valence-electron chi connectivity index (χ3n) is 5.87. The zero-order valence-corrected chi connectivity index (χ0v) is 17.4. The Balaban J connectivity index is 1.65. The van der Waals surface area contributed by atoms with Crippen LogP contribution >= 0.6 is 15.9 Å². The largest absolute Gasteiger partial charge is 0.415 e. The summed E-state index contributed by atoms with van der Waals surface area (Å²) in [7, 11) is 0. The number of carbonyl (C=O) groups excluding carboxylic acids is 1. The van der Waals surface area contributed by atoms with Crippen LogP contribution in [0.4, 0.5) is 4.79 Å². The van der Waals surface area contributed by atoms with E-state index < -0.39 is 0 Å². The molecule has 1 unspecified atom stereocenters. The summed E-state index contributed by atoms with van der Waals surface area (Å²) in [6.45, 7) is 3.56.